The number of benzene rings is 1. The number of non-ortho nitro benzene ring substituents is 1. The number of hydrogen-bond acceptors (Lipinski definition) is 3. The van der Waals surface area contributed by atoms with Gasteiger partial charge in [-0.2, -0.15) is 18.3 Å². The Morgan fingerprint density at radius 3 is 2.32 bits per heavy atom. The Morgan fingerprint density at radius 1 is 1.26 bits per heavy atom. The molecule has 0 atom stereocenters. The van der Waals surface area contributed by atoms with E-state index < -0.39 is 16.8 Å². The zero-order valence-corrected chi connectivity index (χ0v) is 10.6. The molecule has 1 aromatic carbocycles. The zero-order chi connectivity index (χ0) is 14.2. The van der Waals surface area contributed by atoms with E-state index in [0.29, 0.717) is 4.68 Å². The first-order valence-electron chi connectivity index (χ1n) is 4.86. The van der Waals surface area contributed by atoms with E-state index in [9.17, 15) is 23.3 Å². The number of nitrogens with zero attached hydrogens (tertiary/aromatic N) is 3. The molecule has 19 heavy (non-hydrogen) atoms. The first-order valence-corrected chi connectivity index (χ1v) is 5.65. The molecule has 0 fully saturated rings. The summed E-state index contributed by atoms with van der Waals surface area (Å²) in [5.74, 6) is 0. The van der Waals surface area contributed by atoms with Crippen LogP contribution in [0.1, 0.15) is 5.69 Å². The van der Waals surface area contributed by atoms with Gasteiger partial charge in [0.15, 0.2) is 5.69 Å². The molecular weight excluding hydrogens is 331 g/mol. The van der Waals surface area contributed by atoms with Gasteiger partial charge >= 0.3 is 6.18 Å². The van der Waals surface area contributed by atoms with Crippen molar-refractivity contribution in [2.75, 3.05) is 0 Å². The number of alkyl halides is 3. The van der Waals surface area contributed by atoms with Crippen LogP contribution < -0.4 is 0 Å². The van der Waals surface area contributed by atoms with Crippen LogP contribution in [0.4, 0.5) is 18.9 Å². The SMILES string of the molecule is O=[N+]([O-])c1ccc(-n2ncc(Br)c2C(F)(F)F)cc1. The third-order valence-corrected chi connectivity index (χ3v) is 2.88. The number of aromatic nitrogens is 2. The average molecular weight is 336 g/mol. The fraction of sp³-hybridized carbons (Fsp3) is 0.100. The van der Waals surface area contributed by atoms with Gasteiger partial charge in [-0.3, -0.25) is 10.1 Å². The van der Waals surface area contributed by atoms with Crippen molar-refractivity contribution in [2.24, 2.45) is 0 Å². The van der Waals surface area contributed by atoms with Crippen LogP contribution in [0.15, 0.2) is 34.9 Å². The van der Waals surface area contributed by atoms with Crippen LogP contribution in [0, 0.1) is 10.1 Å². The van der Waals surface area contributed by atoms with Crippen LogP contribution in [-0.4, -0.2) is 14.7 Å². The van der Waals surface area contributed by atoms with E-state index in [0.717, 1.165) is 18.3 Å². The Labute approximate surface area is 112 Å². The molecule has 1 aromatic heterocycles. The van der Waals surface area contributed by atoms with E-state index >= 15 is 0 Å². The highest BCUT2D eigenvalue weighted by atomic mass is 79.9. The lowest BCUT2D eigenvalue weighted by Crippen LogP contribution is -2.13. The maximum atomic E-state index is 12.8. The highest BCUT2D eigenvalue weighted by Gasteiger charge is 2.38. The fourth-order valence-electron chi connectivity index (χ4n) is 1.50. The summed E-state index contributed by atoms with van der Waals surface area (Å²) in [5.41, 5.74) is -1.09. The Morgan fingerprint density at radius 2 is 1.84 bits per heavy atom. The summed E-state index contributed by atoms with van der Waals surface area (Å²) in [6, 6.07) is 4.63. The number of nitro groups is 1. The predicted octanol–water partition coefficient (Wildman–Crippen LogP) is 3.56. The summed E-state index contributed by atoms with van der Waals surface area (Å²) in [4.78, 5) is 9.84. The molecule has 9 heteroatoms. The lowest BCUT2D eigenvalue weighted by Gasteiger charge is -2.10. The molecule has 0 unspecified atom stereocenters. The van der Waals surface area contributed by atoms with Crippen molar-refractivity contribution in [3.8, 4) is 5.69 Å². The van der Waals surface area contributed by atoms with Gasteiger partial charge in [-0.15, -0.1) is 0 Å². The van der Waals surface area contributed by atoms with Crippen LogP contribution in [0.5, 0.6) is 0 Å². The molecule has 0 saturated carbocycles. The van der Waals surface area contributed by atoms with Crippen LogP contribution >= 0.6 is 15.9 Å². The molecule has 0 aliphatic rings. The summed E-state index contributed by atoms with van der Waals surface area (Å²) in [7, 11) is 0. The fourth-order valence-corrected chi connectivity index (χ4v) is 1.98. The second-order valence-corrected chi connectivity index (χ2v) is 4.38. The highest BCUT2D eigenvalue weighted by molar-refractivity contribution is 9.10. The van der Waals surface area contributed by atoms with Gasteiger partial charge in [0.25, 0.3) is 5.69 Å². The number of rotatable bonds is 2. The lowest BCUT2D eigenvalue weighted by atomic mass is 10.3. The predicted molar refractivity (Wildman–Crippen MR) is 62.9 cm³/mol. The maximum Gasteiger partial charge on any atom is 0.434 e. The summed E-state index contributed by atoms with van der Waals surface area (Å²) in [5, 5.41) is 14.1. The average Bonchev–Trinajstić information content (AvgIpc) is 2.71. The molecule has 5 nitrogen and oxygen atoms in total. The minimum Gasteiger partial charge on any atom is -0.258 e. The highest BCUT2D eigenvalue weighted by Crippen LogP contribution is 2.36. The molecule has 0 aliphatic carbocycles. The monoisotopic (exact) mass is 335 g/mol. The van der Waals surface area contributed by atoms with E-state index in [2.05, 4.69) is 21.0 Å². The minimum absolute atomic E-state index is 0.0867. The van der Waals surface area contributed by atoms with E-state index in [1.54, 1.807) is 0 Å². The molecule has 1 heterocycles. The van der Waals surface area contributed by atoms with Gasteiger partial charge in [-0.25, -0.2) is 4.68 Å². The standard InChI is InChI=1S/C10H5BrF3N3O2/c11-8-5-15-16(9(8)10(12,13)14)6-1-3-7(4-2-6)17(18)19/h1-5H. The molecule has 2 rings (SSSR count). The number of halogens is 4. The Kier molecular flexibility index (Phi) is 3.31. The van der Waals surface area contributed by atoms with E-state index in [1.165, 1.54) is 12.1 Å². The zero-order valence-electron chi connectivity index (χ0n) is 9.06. The molecular formula is C10H5BrF3N3O2. The smallest absolute Gasteiger partial charge is 0.258 e. The van der Waals surface area contributed by atoms with Crippen molar-refractivity contribution in [1.82, 2.24) is 9.78 Å². The van der Waals surface area contributed by atoms with E-state index in [4.69, 9.17) is 0 Å². The number of nitro benzene ring substituents is 1. The van der Waals surface area contributed by atoms with E-state index in [1.807, 2.05) is 0 Å². The van der Waals surface area contributed by atoms with Crippen molar-refractivity contribution in [1.29, 1.82) is 0 Å². The molecule has 100 valence electrons. The summed E-state index contributed by atoms with van der Waals surface area (Å²) in [6.07, 6.45) is -3.57. The van der Waals surface area contributed by atoms with Crippen molar-refractivity contribution < 1.29 is 18.1 Å². The molecule has 0 spiro atoms. The molecule has 0 saturated heterocycles. The quantitative estimate of drug-likeness (QED) is 0.622. The third kappa shape index (κ3) is 2.60. The lowest BCUT2D eigenvalue weighted by molar-refractivity contribution is -0.384. The number of hydrogen-bond donors (Lipinski definition) is 0. The second-order valence-electron chi connectivity index (χ2n) is 3.52. The Hall–Kier alpha value is -1.90. The van der Waals surface area contributed by atoms with Gasteiger partial charge < -0.3 is 0 Å². The third-order valence-electron chi connectivity index (χ3n) is 2.30. The molecule has 2 aromatic rings. The van der Waals surface area contributed by atoms with Crippen LogP contribution in [-0.2, 0) is 6.18 Å². The van der Waals surface area contributed by atoms with Crippen molar-refractivity contribution in [3.05, 3.63) is 50.7 Å². The van der Waals surface area contributed by atoms with Crippen LogP contribution in [0.25, 0.3) is 5.69 Å². The summed E-state index contributed by atoms with van der Waals surface area (Å²) in [6.45, 7) is 0. The second kappa shape index (κ2) is 4.65. The molecule has 0 radical (unpaired) electrons. The van der Waals surface area contributed by atoms with Crippen LogP contribution in [0.3, 0.4) is 0 Å². The van der Waals surface area contributed by atoms with Gasteiger partial charge in [0.1, 0.15) is 0 Å². The van der Waals surface area contributed by atoms with Crippen molar-refractivity contribution in [3.63, 3.8) is 0 Å². The minimum atomic E-state index is -4.59. The van der Waals surface area contributed by atoms with E-state index in [-0.39, 0.29) is 15.8 Å². The molecule has 0 N–H and O–H groups in total. The Bertz CT molecular complexity index is 622. The van der Waals surface area contributed by atoms with Gasteiger partial charge in [0.2, 0.25) is 0 Å². The molecule has 0 aliphatic heterocycles. The maximum absolute atomic E-state index is 12.8. The van der Waals surface area contributed by atoms with Gasteiger partial charge in [0.05, 0.1) is 21.3 Å². The first-order chi connectivity index (χ1) is 8.80. The normalized spacial score (nSPS) is 11.6. The van der Waals surface area contributed by atoms with Crippen LogP contribution in [0.2, 0.25) is 0 Å². The summed E-state index contributed by atoms with van der Waals surface area (Å²) >= 11 is 2.78. The topological polar surface area (TPSA) is 61.0 Å². The largest absolute Gasteiger partial charge is 0.434 e. The van der Waals surface area contributed by atoms with Gasteiger partial charge in [-0.1, -0.05) is 0 Å². The molecule has 0 amide bonds. The van der Waals surface area contributed by atoms with Gasteiger partial charge in [0, 0.05) is 12.1 Å². The Balaban J connectivity index is 2.51. The molecule has 0 bridgehead atoms. The van der Waals surface area contributed by atoms with Crippen molar-refractivity contribution >= 4 is 21.6 Å². The summed E-state index contributed by atoms with van der Waals surface area (Å²) < 4.78 is 39.0. The first kappa shape index (κ1) is 13.5. The van der Waals surface area contributed by atoms with Crippen molar-refractivity contribution in [2.45, 2.75) is 6.18 Å². The van der Waals surface area contributed by atoms with Gasteiger partial charge in [-0.05, 0) is 28.1 Å².